The van der Waals surface area contributed by atoms with E-state index < -0.39 is 0 Å². The standard InChI is InChI=1S/C23H21Cl2NO4/c1-29-19-7-6-12(10-20(19)30-2)13-8-17-22(18(27)9-13)15(11-21(28)26-17)14-4-3-5-16(24)23(14)25/h3-7,10,13,15H,8-9,11H2,1-2H3,(H,26,28)/t13-,15+/m0/s1. The summed E-state index contributed by atoms with van der Waals surface area (Å²) in [7, 11) is 3.16. The Bertz CT molecular complexity index is 1060. The Kier molecular flexibility index (Phi) is 5.76. The first-order valence-corrected chi connectivity index (χ1v) is 10.4. The van der Waals surface area contributed by atoms with Crippen LogP contribution in [0.1, 0.15) is 42.2 Å². The molecule has 0 saturated carbocycles. The monoisotopic (exact) mass is 445 g/mol. The van der Waals surface area contributed by atoms with Gasteiger partial charge in [0.2, 0.25) is 5.91 Å². The molecule has 0 unspecified atom stereocenters. The molecule has 2 aliphatic rings. The van der Waals surface area contributed by atoms with Gasteiger partial charge in [0.15, 0.2) is 17.3 Å². The summed E-state index contributed by atoms with van der Waals surface area (Å²) in [6.45, 7) is 0. The van der Waals surface area contributed by atoms with Crippen molar-refractivity contribution in [3.63, 3.8) is 0 Å². The van der Waals surface area contributed by atoms with Crippen molar-refractivity contribution in [1.29, 1.82) is 0 Å². The van der Waals surface area contributed by atoms with Crippen molar-refractivity contribution < 1.29 is 19.1 Å². The highest BCUT2D eigenvalue weighted by Gasteiger charge is 2.39. The maximum Gasteiger partial charge on any atom is 0.225 e. The second kappa shape index (κ2) is 8.32. The highest BCUT2D eigenvalue weighted by atomic mass is 35.5. The van der Waals surface area contributed by atoms with E-state index in [0.717, 1.165) is 5.56 Å². The van der Waals surface area contributed by atoms with Crippen molar-refractivity contribution in [3.8, 4) is 11.5 Å². The van der Waals surface area contributed by atoms with E-state index in [2.05, 4.69) is 5.32 Å². The number of hydrogen-bond donors (Lipinski definition) is 1. The predicted octanol–water partition coefficient (Wildman–Crippen LogP) is 5.01. The highest BCUT2D eigenvalue weighted by molar-refractivity contribution is 6.42. The fraction of sp³-hybridized carbons (Fsp3) is 0.304. The fourth-order valence-electron chi connectivity index (χ4n) is 4.36. The Labute approximate surface area is 185 Å². The number of carbonyl (C=O) groups excluding carboxylic acids is 2. The Morgan fingerprint density at radius 1 is 0.967 bits per heavy atom. The van der Waals surface area contributed by atoms with Crippen molar-refractivity contribution in [2.24, 2.45) is 0 Å². The van der Waals surface area contributed by atoms with Gasteiger partial charge in [-0.3, -0.25) is 9.59 Å². The van der Waals surface area contributed by atoms with Crippen LogP contribution in [0.5, 0.6) is 11.5 Å². The van der Waals surface area contributed by atoms with E-state index in [0.29, 0.717) is 51.2 Å². The summed E-state index contributed by atoms with van der Waals surface area (Å²) >= 11 is 12.6. The minimum atomic E-state index is -0.390. The van der Waals surface area contributed by atoms with Crippen LogP contribution in [0.15, 0.2) is 47.7 Å². The number of rotatable bonds is 4. The van der Waals surface area contributed by atoms with Gasteiger partial charge in [0, 0.05) is 30.0 Å². The first-order chi connectivity index (χ1) is 14.4. The van der Waals surface area contributed by atoms with E-state index in [-0.39, 0.29) is 29.9 Å². The number of nitrogens with one attached hydrogen (secondary N) is 1. The van der Waals surface area contributed by atoms with Gasteiger partial charge in [0.05, 0.1) is 24.3 Å². The number of ketones is 1. The molecule has 0 radical (unpaired) electrons. The van der Waals surface area contributed by atoms with Gasteiger partial charge in [-0.05, 0) is 41.7 Å². The third kappa shape index (κ3) is 3.68. The zero-order valence-corrected chi connectivity index (χ0v) is 18.1. The Hall–Kier alpha value is -2.50. The number of amides is 1. The molecule has 1 amide bonds. The lowest BCUT2D eigenvalue weighted by Crippen LogP contribution is -2.38. The second-order valence-electron chi connectivity index (χ2n) is 7.48. The van der Waals surface area contributed by atoms with Crippen molar-refractivity contribution in [1.82, 2.24) is 5.32 Å². The van der Waals surface area contributed by atoms with Gasteiger partial charge < -0.3 is 14.8 Å². The molecule has 1 heterocycles. The zero-order valence-electron chi connectivity index (χ0n) is 16.6. The lowest BCUT2D eigenvalue weighted by molar-refractivity contribution is -0.122. The molecule has 2 atom stereocenters. The zero-order chi connectivity index (χ0) is 21.4. The van der Waals surface area contributed by atoms with Gasteiger partial charge in [-0.2, -0.15) is 0 Å². The second-order valence-corrected chi connectivity index (χ2v) is 8.27. The van der Waals surface area contributed by atoms with Crippen molar-refractivity contribution >= 4 is 34.9 Å². The molecule has 0 spiro atoms. The lowest BCUT2D eigenvalue weighted by Gasteiger charge is -2.35. The maximum absolute atomic E-state index is 13.2. The summed E-state index contributed by atoms with van der Waals surface area (Å²) < 4.78 is 10.7. The molecule has 5 nitrogen and oxygen atoms in total. The Morgan fingerprint density at radius 3 is 2.47 bits per heavy atom. The van der Waals surface area contributed by atoms with Gasteiger partial charge >= 0.3 is 0 Å². The third-order valence-electron chi connectivity index (χ3n) is 5.77. The smallest absolute Gasteiger partial charge is 0.225 e. The number of methoxy groups -OCH3 is 2. The lowest BCUT2D eigenvalue weighted by atomic mass is 9.73. The van der Waals surface area contributed by atoms with Crippen molar-refractivity contribution in [3.05, 3.63) is 68.8 Å². The van der Waals surface area contributed by atoms with E-state index in [1.54, 1.807) is 26.4 Å². The molecule has 1 N–H and O–H groups in total. The summed E-state index contributed by atoms with van der Waals surface area (Å²) in [4.78, 5) is 25.7. The average Bonchev–Trinajstić information content (AvgIpc) is 2.74. The Morgan fingerprint density at radius 2 is 1.73 bits per heavy atom. The van der Waals surface area contributed by atoms with Crippen LogP contribution in [-0.2, 0) is 9.59 Å². The van der Waals surface area contributed by atoms with Crippen LogP contribution < -0.4 is 14.8 Å². The third-order valence-corrected chi connectivity index (χ3v) is 6.61. The first kappa shape index (κ1) is 20.8. The minimum absolute atomic E-state index is 0.0112. The molecule has 0 fully saturated rings. The van der Waals surface area contributed by atoms with E-state index in [1.807, 2.05) is 24.3 Å². The number of Topliss-reactive ketones (excluding diaryl/α,β-unsaturated/α-hetero) is 1. The molecule has 1 aliphatic carbocycles. The van der Waals surface area contributed by atoms with E-state index in [1.165, 1.54) is 0 Å². The summed E-state index contributed by atoms with van der Waals surface area (Å²) in [6.07, 6.45) is 1.07. The number of carbonyl (C=O) groups is 2. The van der Waals surface area contributed by atoms with Gasteiger partial charge in [0.1, 0.15) is 0 Å². The summed E-state index contributed by atoms with van der Waals surface area (Å²) in [5.74, 6) is 0.666. The summed E-state index contributed by atoms with van der Waals surface area (Å²) in [5.41, 5.74) is 2.98. The van der Waals surface area contributed by atoms with E-state index in [9.17, 15) is 9.59 Å². The number of halogens is 2. The van der Waals surface area contributed by atoms with Crippen LogP contribution in [-0.4, -0.2) is 25.9 Å². The highest BCUT2D eigenvalue weighted by Crippen LogP contribution is 2.45. The van der Waals surface area contributed by atoms with Crippen molar-refractivity contribution in [2.75, 3.05) is 14.2 Å². The van der Waals surface area contributed by atoms with Crippen LogP contribution in [0.2, 0.25) is 10.0 Å². The topological polar surface area (TPSA) is 64.6 Å². The van der Waals surface area contributed by atoms with Crippen LogP contribution in [0.3, 0.4) is 0 Å². The molecule has 156 valence electrons. The number of benzene rings is 2. The molecule has 0 saturated heterocycles. The van der Waals surface area contributed by atoms with E-state index >= 15 is 0 Å². The van der Waals surface area contributed by atoms with Gasteiger partial charge in [0.25, 0.3) is 0 Å². The van der Waals surface area contributed by atoms with Crippen LogP contribution in [0, 0.1) is 0 Å². The molecule has 7 heteroatoms. The normalized spacial score (nSPS) is 21.2. The number of ether oxygens (including phenoxy) is 2. The molecule has 2 aromatic rings. The fourth-order valence-corrected chi connectivity index (χ4v) is 4.80. The maximum atomic E-state index is 13.2. The quantitative estimate of drug-likeness (QED) is 0.717. The average molecular weight is 446 g/mol. The molecular formula is C23H21Cl2NO4. The molecule has 0 aromatic heterocycles. The minimum Gasteiger partial charge on any atom is -0.493 e. The number of allylic oxidation sites excluding steroid dienone is 2. The van der Waals surface area contributed by atoms with Crippen molar-refractivity contribution in [2.45, 2.75) is 31.1 Å². The van der Waals surface area contributed by atoms with Crippen LogP contribution >= 0.6 is 23.2 Å². The van der Waals surface area contributed by atoms with Gasteiger partial charge in [-0.1, -0.05) is 41.4 Å². The van der Waals surface area contributed by atoms with Gasteiger partial charge in [-0.15, -0.1) is 0 Å². The van der Waals surface area contributed by atoms with Gasteiger partial charge in [-0.25, -0.2) is 0 Å². The number of hydrogen-bond acceptors (Lipinski definition) is 4. The summed E-state index contributed by atoms with van der Waals surface area (Å²) in [5, 5.41) is 3.72. The van der Waals surface area contributed by atoms with Crippen LogP contribution in [0.25, 0.3) is 0 Å². The molecule has 2 aromatic carbocycles. The largest absolute Gasteiger partial charge is 0.493 e. The SMILES string of the molecule is COc1ccc([C@@H]2CC(=O)C3=C(C2)NC(=O)C[C@@H]3c2cccc(Cl)c2Cl)cc1OC. The Balaban J connectivity index is 1.72. The first-order valence-electron chi connectivity index (χ1n) is 9.64. The molecule has 0 bridgehead atoms. The summed E-state index contributed by atoms with van der Waals surface area (Å²) in [6, 6.07) is 11.0. The molecule has 4 rings (SSSR count). The molecular weight excluding hydrogens is 425 g/mol. The van der Waals surface area contributed by atoms with E-state index in [4.69, 9.17) is 32.7 Å². The predicted molar refractivity (Wildman–Crippen MR) is 116 cm³/mol. The molecule has 30 heavy (non-hydrogen) atoms. The molecule has 1 aliphatic heterocycles. The van der Waals surface area contributed by atoms with Crippen LogP contribution in [0.4, 0.5) is 0 Å².